The smallest absolute Gasteiger partial charge is 0.191 e. The monoisotopic (exact) mass is 270 g/mol. The summed E-state index contributed by atoms with van der Waals surface area (Å²) in [4.78, 5) is 0. The maximum Gasteiger partial charge on any atom is 0.191 e. The van der Waals surface area contributed by atoms with Crippen molar-refractivity contribution in [2.45, 2.75) is 64.6 Å². The average molecular weight is 270 g/mol. The molecule has 106 valence electrons. The largest absolute Gasteiger partial charge is 0.417 e. The number of hydrogen-bond acceptors (Lipinski definition) is 2. The molecule has 0 atom stereocenters. The molecule has 2 nitrogen and oxygen atoms in total. The van der Waals surface area contributed by atoms with Gasteiger partial charge in [-0.15, -0.1) is 6.42 Å². The van der Waals surface area contributed by atoms with Crippen LogP contribution in [0.15, 0.2) is 0 Å². The van der Waals surface area contributed by atoms with E-state index in [-0.39, 0.29) is 0 Å². The van der Waals surface area contributed by atoms with Crippen molar-refractivity contribution in [1.82, 2.24) is 0 Å². The normalized spacial score (nSPS) is 12.4. The summed E-state index contributed by atoms with van der Waals surface area (Å²) in [6, 6.07) is 0. The van der Waals surface area contributed by atoms with Crippen LogP contribution >= 0.6 is 0 Å². The summed E-state index contributed by atoms with van der Waals surface area (Å²) in [5.74, 6) is 2.47. The van der Waals surface area contributed by atoms with Gasteiger partial charge in [-0.25, -0.2) is 0 Å². The van der Waals surface area contributed by atoms with Gasteiger partial charge in [-0.3, -0.25) is 0 Å². The quantitative estimate of drug-likeness (QED) is 0.355. The van der Waals surface area contributed by atoms with Crippen LogP contribution < -0.4 is 0 Å². The summed E-state index contributed by atoms with van der Waals surface area (Å²) in [6.07, 6.45) is 9.77. The Hall–Kier alpha value is -0.303. The Morgan fingerprint density at radius 1 is 1.00 bits per heavy atom. The van der Waals surface area contributed by atoms with Gasteiger partial charge in [-0.2, -0.15) is 0 Å². The Morgan fingerprint density at radius 3 is 2.06 bits per heavy atom. The van der Waals surface area contributed by atoms with Gasteiger partial charge in [-0.05, 0) is 31.0 Å². The molecule has 0 amide bonds. The van der Waals surface area contributed by atoms with Crippen LogP contribution in [0, 0.1) is 12.3 Å². The van der Waals surface area contributed by atoms with E-state index in [4.69, 9.17) is 15.6 Å². The van der Waals surface area contributed by atoms with Crippen LogP contribution in [0.5, 0.6) is 0 Å². The first-order chi connectivity index (χ1) is 8.31. The zero-order valence-corrected chi connectivity index (χ0v) is 13.8. The van der Waals surface area contributed by atoms with Crippen LogP contribution in [0.1, 0.15) is 46.5 Å². The molecule has 0 aromatic rings. The molecule has 0 fully saturated rings. The summed E-state index contributed by atoms with van der Waals surface area (Å²) < 4.78 is 11.3. The highest BCUT2D eigenvalue weighted by Gasteiger charge is 2.36. The topological polar surface area (TPSA) is 18.5 Å². The molecular weight excluding hydrogens is 240 g/mol. The van der Waals surface area contributed by atoms with Gasteiger partial charge in [0.05, 0.1) is 0 Å². The lowest BCUT2D eigenvalue weighted by Crippen LogP contribution is -2.40. The van der Waals surface area contributed by atoms with Crippen molar-refractivity contribution in [2.24, 2.45) is 0 Å². The van der Waals surface area contributed by atoms with Crippen molar-refractivity contribution in [3.05, 3.63) is 0 Å². The first kappa shape index (κ1) is 17.7. The summed E-state index contributed by atoms with van der Waals surface area (Å²) in [7, 11) is -1.54. The van der Waals surface area contributed by atoms with Gasteiger partial charge < -0.3 is 9.16 Å². The predicted octanol–water partition coefficient (Wildman–Crippen LogP) is 4.22. The first-order valence-corrected chi connectivity index (χ1v) is 9.87. The van der Waals surface area contributed by atoms with Crippen molar-refractivity contribution in [3.63, 3.8) is 0 Å². The van der Waals surface area contributed by atoms with Crippen LogP contribution in [0.25, 0.3) is 0 Å². The molecular formula is C15H30O2Si. The summed E-state index contributed by atoms with van der Waals surface area (Å²) in [6.45, 7) is 13.6. The van der Waals surface area contributed by atoms with Crippen LogP contribution in [0.4, 0.5) is 0 Å². The van der Waals surface area contributed by atoms with Gasteiger partial charge in [0.15, 0.2) is 8.32 Å². The number of terminal acetylenes is 1. The lowest BCUT2D eigenvalue weighted by Gasteiger charge is -2.36. The summed E-state index contributed by atoms with van der Waals surface area (Å²) >= 11 is 0. The molecule has 3 heteroatoms. The second kappa shape index (κ2) is 8.74. The highest BCUT2D eigenvalue weighted by Crippen LogP contribution is 2.36. The third kappa shape index (κ3) is 7.92. The molecule has 0 rings (SSSR count). The van der Waals surface area contributed by atoms with E-state index in [1.807, 2.05) is 0 Å². The van der Waals surface area contributed by atoms with Gasteiger partial charge in [0.25, 0.3) is 0 Å². The Balaban J connectivity index is 3.44. The van der Waals surface area contributed by atoms with Crippen molar-refractivity contribution >= 4 is 8.32 Å². The van der Waals surface area contributed by atoms with Crippen LogP contribution in [-0.4, -0.2) is 28.1 Å². The van der Waals surface area contributed by atoms with E-state index in [1.165, 1.54) is 12.8 Å². The number of rotatable bonds is 9. The molecule has 0 bridgehead atoms. The fraction of sp³-hybridized carbons (Fsp3) is 0.867. The van der Waals surface area contributed by atoms with E-state index in [1.54, 1.807) is 0 Å². The fourth-order valence-electron chi connectivity index (χ4n) is 1.33. The minimum atomic E-state index is -1.54. The third-order valence-corrected chi connectivity index (χ3v) is 8.18. The van der Waals surface area contributed by atoms with Crippen molar-refractivity contribution in [2.75, 3.05) is 19.8 Å². The summed E-state index contributed by atoms with van der Waals surface area (Å²) in [5, 5.41) is 0.316. The van der Waals surface area contributed by atoms with Crippen molar-refractivity contribution in [1.29, 1.82) is 0 Å². The molecule has 0 unspecified atom stereocenters. The molecule has 18 heavy (non-hydrogen) atoms. The minimum absolute atomic E-state index is 0.316. The molecule has 0 N–H and O–H groups in total. The average Bonchev–Trinajstić information content (AvgIpc) is 2.25. The molecule has 0 aromatic heterocycles. The number of unbranched alkanes of at least 4 members (excludes halogenated alkanes) is 3. The lowest BCUT2D eigenvalue weighted by atomic mass is 10.2. The van der Waals surface area contributed by atoms with Crippen LogP contribution in [0.2, 0.25) is 18.1 Å². The Bertz CT molecular complexity index is 248. The molecule has 0 heterocycles. The first-order valence-electron chi connectivity index (χ1n) is 6.96. The SMILES string of the molecule is C#CCOCCCCCCO[Si](C)(C)C(C)(C)C. The molecule has 0 aliphatic heterocycles. The predicted molar refractivity (Wildman–Crippen MR) is 81.3 cm³/mol. The number of hydrogen-bond donors (Lipinski definition) is 0. The van der Waals surface area contributed by atoms with E-state index in [0.717, 1.165) is 26.1 Å². The van der Waals surface area contributed by atoms with Crippen molar-refractivity contribution < 1.29 is 9.16 Å². The number of ether oxygens (including phenoxy) is 1. The molecule has 0 radical (unpaired) electrons. The molecule has 0 saturated heterocycles. The molecule has 0 aliphatic carbocycles. The highest BCUT2D eigenvalue weighted by molar-refractivity contribution is 6.74. The van der Waals surface area contributed by atoms with E-state index in [2.05, 4.69) is 39.8 Å². The van der Waals surface area contributed by atoms with E-state index >= 15 is 0 Å². The van der Waals surface area contributed by atoms with Crippen LogP contribution in [-0.2, 0) is 9.16 Å². The third-order valence-electron chi connectivity index (χ3n) is 3.64. The van der Waals surface area contributed by atoms with E-state index < -0.39 is 8.32 Å². The van der Waals surface area contributed by atoms with Gasteiger partial charge in [0.1, 0.15) is 6.61 Å². The molecule has 0 saturated carbocycles. The summed E-state index contributed by atoms with van der Waals surface area (Å²) in [5.41, 5.74) is 0. The van der Waals surface area contributed by atoms with Crippen molar-refractivity contribution in [3.8, 4) is 12.3 Å². The highest BCUT2D eigenvalue weighted by atomic mass is 28.4. The fourth-order valence-corrected chi connectivity index (χ4v) is 2.42. The second-order valence-electron chi connectivity index (χ2n) is 6.28. The second-order valence-corrected chi connectivity index (χ2v) is 11.1. The van der Waals surface area contributed by atoms with Gasteiger partial charge >= 0.3 is 0 Å². The van der Waals surface area contributed by atoms with E-state index in [9.17, 15) is 0 Å². The maximum absolute atomic E-state index is 6.12. The van der Waals surface area contributed by atoms with Gasteiger partial charge in [-0.1, -0.05) is 39.5 Å². The molecule has 0 spiro atoms. The zero-order chi connectivity index (χ0) is 14.1. The van der Waals surface area contributed by atoms with E-state index in [0.29, 0.717) is 11.6 Å². The Morgan fingerprint density at radius 2 is 1.56 bits per heavy atom. The standard InChI is InChI=1S/C15H30O2Si/c1-7-12-16-13-10-8-9-11-14-17-18(5,6)15(2,3)4/h1H,8-14H2,2-6H3. The minimum Gasteiger partial charge on any atom is -0.417 e. The van der Waals surface area contributed by atoms with Crippen LogP contribution in [0.3, 0.4) is 0 Å². The molecule has 0 aliphatic rings. The maximum atomic E-state index is 6.12. The Labute approximate surface area is 115 Å². The lowest BCUT2D eigenvalue weighted by molar-refractivity contribution is 0.161. The van der Waals surface area contributed by atoms with Gasteiger partial charge in [0.2, 0.25) is 0 Å². The molecule has 0 aromatic carbocycles. The zero-order valence-electron chi connectivity index (χ0n) is 12.8. The Kier molecular flexibility index (Phi) is 8.59. The van der Waals surface area contributed by atoms with Gasteiger partial charge in [0, 0.05) is 13.2 Å².